The molecule has 4 fully saturated rings. The molecule has 3 atom stereocenters. The van der Waals surface area contributed by atoms with E-state index in [1.807, 2.05) is 7.05 Å². The van der Waals surface area contributed by atoms with Crippen molar-refractivity contribution < 1.29 is 5.11 Å². The van der Waals surface area contributed by atoms with Crippen molar-refractivity contribution in [3.63, 3.8) is 0 Å². The quantitative estimate of drug-likeness (QED) is 0.687. The van der Waals surface area contributed by atoms with Crippen LogP contribution >= 0.6 is 0 Å². The fraction of sp³-hybridized carbons (Fsp3) is 1.00. The number of nitrogens with one attached hydrogen (secondary N) is 1. The summed E-state index contributed by atoms with van der Waals surface area (Å²) < 4.78 is 0. The summed E-state index contributed by atoms with van der Waals surface area (Å²) in [6, 6.07) is 0. The molecular formula is C13H25N3O. The van der Waals surface area contributed by atoms with E-state index < -0.39 is 0 Å². The van der Waals surface area contributed by atoms with Crippen molar-refractivity contribution in [3.8, 4) is 0 Å². The zero-order valence-electron chi connectivity index (χ0n) is 11.2. The predicted octanol–water partition coefficient (Wildman–Crippen LogP) is -0.407. The van der Waals surface area contributed by atoms with Crippen LogP contribution in [0.3, 0.4) is 0 Å². The average Bonchev–Trinajstić information content (AvgIpc) is 2.52. The third-order valence-corrected chi connectivity index (χ3v) is 5.50. The maximum absolute atomic E-state index is 10.9. The Morgan fingerprint density at radius 1 is 1.12 bits per heavy atom. The smallest absolute Gasteiger partial charge is 0.0829 e. The number of hydrogen-bond donors (Lipinski definition) is 2. The first-order valence-corrected chi connectivity index (χ1v) is 6.84. The van der Waals surface area contributed by atoms with Gasteiger partial charge < -0.3 is 10.4 Å². The molecule has 4 aliphatic rings. The van der Waals surface area contributed by atoms with E-state index in [1.54, 1.807) is 0 Å². The molecule has 17 heavy (non-hydrogen) atoms. The van der Waals surface area contributed by atoms with E-state index in [2.05, 4.69) is 29.0 Å². The van der Waals surface area contributed by atoms with Gasteiger partial charge in [0.1, 0.15) is 0 Å². The molecule has 3 unspecified atom stereocenters. The van der Waals surface area contributed by atoms with Crippen LogP contribution in [0.25, 0.3) is 0 Å². The van der Waals surface area contributed by atoms with Crippen molar-refractivity contribution in [1.29, 1.82) is 0 Å². The Morgan fingerprint density at radius 2 is 1.65 bits per heavy atom. The minimum atomic E-state index is -0.217. The van der Waals surface area contributed by atoms with Crippen molar-refractivity contribution >= 4 is 0 Å². The molecule has 4 rings (SSSR count). The van der Waals surface area contributed by atoms with Gasteiger partial charge in [0, 0.05) is 44.7 Å². The van der Waals surface area contributed by atoms with Crippen molar-refractivity contribution in [2.45, 2.75) is 25.5 Å². The number of piperidine rings is 2. The van der Waals surface area contributed by atoms with Crippen LogP contribution in [-0.2, 0) is 0 Å². The van der Waals surface area contributed by atoms with E-state index >= 15 is 0 Å². The van der Waals surface area contributed by atoms with Gasteiger partial charge in [0.15, 0.2) is 0 Å². The lowest BCUT2D eigenvalue weighted by molar-refractivity contribution is -0.158. The molecule has 4 nitrogen and oxygen atoms in total. The molecule has 0 aliphatic carbocycles. The van der Waals surface area contributed by atoms with E-state index in [-0.39, 0.29) is 17.1 Å². The minimum absolute atomic E-state index is 0.0516. The number of likely N-dealkylation sites (N-methyl/N-ethyl adjacent to an activating group) is 1. The highest BCUT2D eigenvalue weighted by molar-refractivity contribution is 5.17. The van der Waals surface area contributed by atoms with Crippen molar-refractivity contribution in [2.75, 3.05) is 46.3 Å². The molecule has 98 valence electrons. The zero-order chi connectivity index (χ0) is 12.3. The number of fused-ring (bicyclic) bond motifs is 1. The van der Waals surface area contributed by atoms with Gasteiger partial charge in [-0.25, -0.2) is 0 Å². The first-order valence-electron chi connectivity index (χ1n) is 6.84. The van der Waals surface area contributed by atoms with Crippen LogP contribution < -0.4 is 5.32 Å². The number of rotatable bonds is 2. The third-order valence-electron chi connectivity index (χ3n) is 5.50. The summed E-state index contributed by atoms with van der Waals surface area (Å²) in [5.74, 6) is 0.522. The second-order valence-corrected chi connectivity index (χ2v) is 6.62. The SMILES string of the molecule is CNC12CN3CCN(C1)CC(C(C)C)(C3)C2O. The lowest BCUT2D eigenvalue weighted by atomic mass is 9.61. The minimum Gasteiger partial charge on any atom is -0.390 e. The largest absolute Gasteiger partial charge is 0.390 e. The van der Waals surface area contributed by atoms with Crippen LogP contribution in [0.15, 0.2) is 0 Å². The number of aliphatic hydroxyl groups is 1. The Bertz CT molecular complexity index is 302. The highest BCUT2D eigenvalue weighted by Gasteiger charge is 2.61. The predicted molar refractivity (Wildman–Crippen MR) is 67.9 cm³/mol. The Labute approximate surface area is 104 Å². The van der Waals surface area contributed by atoms with Crippen LogP contribution in [0.1, 0.15) is 13.8 Å². The normalized spacial score (nSPS) is 53.1. The van der Waals surface area contributed by atoms with E-state index in [9.17, 15) is 5.11 Å². The fourth-order valence-corrected chi connectivity index (χ4v) is 4.31. The summed E-state index contributed by atoms with van der Waals surface area (Å²) in [6.07, 6.45) is -0.217. The first-order chi connectivity index (χ1) is 8.02. The fourth-order valence-electron chi connectivity index (χ4n) is 4.31. The van der Waals surface area contributed by atoms with Gasteiger partial charge in [-0.1, -0.05) is 13.8 Å². The Hall–Kier alpha value is -0.160. The van der Waals surface area contributed by atoms with E-state index in [0.29, 0.717) is 5.92 Å². The van der Waals surface area contributed by atoms with E-state index in [0.717, 1.165) is 39.3 Å². The summed E-state index contributed by atoms with van der Waals surface area (Å²) >= 11 is 0. The molecular weight excluding hydrogens is 214 g/mol. The van der Waals surface area contributed by atoms with Crippen LogP contribution in [0.5, 0.6) is 0 Å². The molecule has 2 N–H and O–H groups in total. The highest BCUT2D eigenvalue weighted by Crippen LogP contribution is 2.47. The second-order valence-electron chi connectivity index (χ2n) is 6.62. The van der Waals surface area contributed by atoms with Gasteiger partial charge in [-0.15, -0.1) is 0 Å². The number of nitrogens with zero attached hydrogens (tertiary/aromatic N) is 2. The van der Waals surface area contributed by atoms with Crippen molar-refractivity contribution in [1.82, 2.24) is 15.1 Å². The topological polar surface area (TPSA) is 38.7 Å². The molecule has 4 aliphatic heterocycles. The van der Waals surface area contributed by atoms with Crippen LogP contribution in [0.4, 0.5) is 0 Å². The average molecular weight is 239 g/mol. The monoisotopic (exact) mass is 239 g/mol. The summed E-state index contributed by atoms with van der Waals surface area (Å²) in [5, 5.41) is 14.4. The van der Waals surface area contributed by atoms with Gasteiger partial charge in [-0.05, 0) is 13.0 Å². The first kappa shape index (κ1) is 11.9. The molecule has 4 heteroatoms. The zero-order valence-corrected chi connectivity index (χ0v) is 11.2. The van der Waals surface area contributed by atoms with Crippen LogP contribution in [0, 0.1) is 11.3 Å². The van der Waals surface area contributed by atoms with Gasteiger partial charge in [0.25, 0.3) is 0 Å². The Balaban J connectivity index is 2.06. The summed E-state index contributed by atoms with van der Waals surface area (Å²) in [6.45, 7) is 11.0. The molecule has 4 heterocycles. The molecule has 0 radical (unpaired) electrons. The highest BCUT2D eigenvalue weighted by atomic mass is 16.3. The summed E-state index contributed by atoms with van der Waals surface area (Å²) in [7, 11) is 2.01. The van der Waals surface area contributed by atoms with Crippen LogP contribution in [0.2, 0.25) is 0 Å². The lowest BCUT2D eigenvalue weighted by Gasteiger charge is -2.61. The molecule has 0 amide bonds. The van der Waals surface area contributed by atoms with Gasteiger partial charge in [0.05, 0.1) is 11.6 Å². The van der Waals surface area contributed by atoms with E-state index in [1.165, 1.54) is 0 Å². The molecule has 0 spiro atoms. The summed E-state index contributed by atoms with van der Waals surface area (Å²) in [5.41, 5.74) is -0.0622. The second kappa shape index (κ2) is 3.67. The molecule has 0 saturated carbocycles. The standard InChI is InChI=1S/C13H25N3O/c1-10(2)12-6-15-4-5-16(7-12)9-13(8-15,14-3)11(12)17/h10-11,14,17H,4-9H2,1-3H3. The molecule has 0 aromatic heterocycles. The van der Waals surface area contributed by atoms with Crippen LogP contribution in [-0.4, -0.2) is 72.9 Å². The third kappa shape index (κ3) is 1.44. The Kier molecular flexibility index (Phi) is 2.57. The van der Waals surface area contributed by atoms with Crippen molar-refractivity contribution in [3.05, 3.63) is 0 Å². The maximum atomic E-state index is 10.9. The molecule has 0 aromatic rings. The van der Waals surface area contributed by atoms with Gasteiger partial charge in [-0.2, -0.15) is 0 Å². The molecule has 4 saturated heterocycles. The van der Waals surface area contributed by atoms with Gasteiger partial charge >= 0.3 is 0 Å². The van der Waals surface area contributed by atoms with Gasteiger partial charge in [-0.3, -0.25) is 9.80 Å². The maximum Gasteiger partial charge on any atom is 0.0829 e. The molecule has 4 bridgehead atoms. The number of hydrogen-bond acceptors (Lipinski definition) is 4. The molecule has 0 aromatic carbocycles. The van der Waals surface area contributed by atoms with Crippen molar-refractivity contribution in [2.24, 2.45) is 11.3 Å². The van der Waals surface area contributed by atoms with E-state index in [4.69, 9.17) is 0 Å². The number of aliphatic hydroxyl groups excluding tert-OH is 1. The summed E-state index contributed by atoms with van der Waals surface area (Å²) in [4.78, 5) is 5.10. The lowest BCUT2D eigenvalue weighted by Crippen LogP contribution is -2.78. The van der Waals surface area contributed by atoms with Gasteiger partial charge in [0.2, 0.25) is 0 Å². The Morgan fingerprint density at radius 3 is 2.06 bits per heavy atom.